The lowest BCUT2D eigenvalue weighted by atomic mass is 10.2. The van der Waals surface area contributed by atoms with Gasteiger partial charge < -0.3 is 10.0 Å². The van der Waals surface area contributed by atoms with E-state index in [0.717, 1.165) is 18.8 Å². The first-order valence-electron chi connectivity index (χ1n) is 8.21. The van der Waals surface area contributed by atoms with E-state index in [1.165, 1.54) is 37.3 Å². The van der Waals surface area contributed by atoms with Crippen molar-refractivity contribution in [3.8, 4) is 5.75 Å². The Bertz CT molecular complexity index is 843. The number of hydrogen-bond donors (Lipinski definition) is 2. The molecule has 0 unspecified atom stereocenters. The number of nitro benzene ring substituents is 1. The Balaban J connectivity index is 1.64. The Morgan fingerprint density at radius 2 is 1.88 bits per heavy atom. The zero-order valence-electron chi connectivity index (χ0n) is 14.0. The number of benzene rings is 2. The molecule has 2 N–H and O–H groups in total. The smallest absolute Gasteiger partial charge is 0.311 e. The molecule has 0 radical (unpaired) electrons. The van der Waals surface area contributed by atoms with Crippen molar-refractivity contribution < 1.29 is 14.8 Å². The fourth-order valence-corrected chi connectivity index (χ4v) is 2.82. The van der Waals surface area contributed by atoms with Crippen LogP contribution in [0.1, 0.15) is 28.8 Å². The summed E-state index contributed by atoms with van der Waals surface area (Å²) in [6.45, 7) is 2.06. The number of nitrogens with one attached hydrogen (secondary N) is 1. The van der Waals surface area contributed by atoms with Gasteiger partial charge in [0, 0.05) is 36.0 Å². The molecule has 1 amide bonds. The predicted molar refractivity (Wildman–Crippen MR) is 97.7 cm³/mol. The standard InChI is InChI=1S/C18H18N4O4/c23-17-14(4-3-5-16(17)22(25)26)12-19-20-18(24)13-6-8-15(9-7-13)21-10-1-2-11-21/h3-9,12,23H,1-2,10-11H2,(H,20,24)/b19-12+. The van der Waals surface area contributed by atoms with E-state index < -0.39 is 22.3 Å². The minimum atomic E-state index is -0.687. The highest BCUT2D eigenvalue weighted by molar-refractivity contribution is 5.95. The average molecular weight is 354 g/mol. The predicted octanol–water partition coefficient (Wildman–Crippen LogP) is 2.66. The normalized spacial score (nSPS) is 13.9. The van der Waals surface area contributed by atoms with E-state index in [2.05, 4.69) is 15.4 Å². The van der Waals surface area contributed by atoms with Crippen LogP contribution in [0.25, 0.3) is 0 Å². The number of phenols is 1. The van der Waals surface area contributed by atoms with Crippen LogP contribution in [-0.4, -0.2) is 35.2 Å². The summed E-state index contributed by atoms with van der Waals surface area (Å²) in [7, 11) is 0. The fourth-order valence-electron chi connectivity index (χ4n) is 2.82. The molecule has 0 atom stereocenters. The second-order valence-electron chi connectivity index (χ2n) is 5.91. The summed E-state index contributed by atoms with van der Waals surface area (Å²) in [4.78, 5) is 24.5. The summed E-state index contributed by atoms with van der Waals surface area (Å²) >= 11 is 0. The van der Waals surface area contributed by atoms with Gasteiger partial charge in [0.1, 0.15) is 0 Å². The van der Waals surface area contributed by atoms with Crippen molar-refractivity contribution in [2.45, 2.75) is 12.8 Å². The Kier molecular flexibility index (Phi) is 5.12. The van der Waals surface area contributed by atoms with Gasteiger partial charge in [-0.1, -0.05) is 6.07 Å². The van der Waals surface area contributed by atoms with Crippen molar-refractivity contribution in [3.63, 3.8) is 0 Å². The quantitative estimate of drug-likeness (QED) is 0.487. The van der Waals surface area contributed by atoms with Crippen LogP contribution in [-0.2, 0) is 0 Å². The van der Waals surface area contributed by atoms with Gasteiger partial charge in [0.15, 0.2) is 0 Å². The lowest BCUT2D eigenvalue weighted by Gasteiger charge is -2.17. The number of nitro groups is 1. The molecule has 0 bridgehead atoms. The molecule has 8 heteroatoms. The third-order valence-electron chi connectivity index (χ3n) is 4.21. The third-order valence-corrected chi connectivity index (χ3v) is 4.21. The van der Waals surface area contributed by atoms with Gasteiger partial charge in [-0.2, -0.15) is 5.10 Å². The van der Waals surface area contributed by atoms with Crippen molar-refractivity contribution in [2.75, 3.05) is 18.0 Å². The number of aromatic hydroxyl groups is 1. The van der Waals surface area contributed by atoms with Crippen molar-refractivity contribution in [3.05, 3.63) is 63.7 Å². The summed E-state index contributed by atoms with van der Waals surface area (Å²) in [5, 5.41) is 24.4. The van der Waals surface area contributed by atoms with E-state index in [1.807, 2.05) is 12.1 Å². The molecule has 134 valence electrons. The van der Waals surface area contributed by atoms with Gasteiger partial charge >= 0.3 is 5.69 Å². The van der Waals surface area contributed by atoms with Crippen LogP contribution in [0.3, 0.4) is 0 Å². The van der Waals surface area contributed by atoms with Crippen LogP contribution >= 0.6 is 0 Å². The molecule has 26 heavy (non-hydrogen) atoms. The fraction of sp³-hybridized carbons (Fsp3) is 0.222. The Morgan fingerprint density at radius 3 is 2.54 bits per heavy atom. The highest BCUT2D eigenvalue weighted by Gasteiger charge is 2.15. The first-order valence-corrected chi connectivity index (χ1v) is 8.21. The maximum Gasteiger partial charge on any atom is 0.311 e. The molecule has 1 heterocycles. The molecule has 8 nitrogen and oxygen atoms in total. The van der Waals surface area contributed by atoms with Crippen molar-refractivity contribution in [1.82, 2.24) is 5.43 Å². The largest absolute Gasteiger partial charge is 0.502 e. The summed E-state index contributed by atoms with van der Waals surface area (Å²) < 4.78 is 0. The van der Waals surface area contributed by atoms with Crippen LogP contribution in [0.5, 0.6) is 5.75 Å². The van der Waals surface area contributed by atoms with Gasteiger partial charge in [0.2, 0.25) is 5.75 Å². The molecular weight excluding hydrogens is 336 g/mol. The van der Waals surface area contributed by atoms with E-state index in [1.54, 1.807) is 12.1 Å². The highest BCUT2D eigenvalue weighted by atomic mass is 16.6. The molecule has 0 saturated carbocycles. The number of anilines is 1. The van der Waals surface area contributed by atoms with Crippen molar-refractivity contribution in [1.29, 1.82) is 0 Å². The van der Waals surface area contributed by atoms with Gasteiger partial charge in [-0.15, -0.1) is 0 Å². The molecule has 0 aromatic heterocycles. The van der Waals surface area contributed by atoms with E-state index in [4.69, 9.17) is 0 Å². The zero-order chi connectivity index (χ0) is 18.5. The number of nitrogens with zero attached hydrogens (tertiary/aromatic N) is 3. The number of hydrazone groups is 1. The second kappa shape index (κ2) is 7.64. The van der Waals surface area contributed by atoms with Crippen LogP contribution < -0.4 is 10.3 Å². The second-order valence-corrected chi connectivity index (χ2v) is 5.91. The van der Waals surface area contributed by atoms with E-state index in [-0.39, 0.29) is 5.56 Å². The molecule has 1 aliphatic heterocycles. The zero-order valence-corrected chi connectivity index (χ0v) is 14.0. The van der Waals surface area contributed by atoms with Gasteiger partial charge in [-0.25, -0.2) is 5.43 Å². The number of phenolic OH excluding ortho intramolecular Hbond substituents is 1. The third kappa shape index (κ3) is 3.80. The Labute approximate surface area is 149 Å². The van der Waals surface area contributed by atoms with E-state index in [0.29, 0.717) is 5.56 Å². The van der Waals surface area contributed by atoms with Gasteiger partial charge in [-0.3, -0.25) is 14.9 Å². The molecule has 1 fully saturated rings. The Hall–Kier alpha value is -3.42. The number of carbonyl (C=O) groups excluding carboxylic acids is 1. The van der Waals surface area contributed by atoms with Crippen molar-refractivity contribution in [2.24, 2.45) is 5.10 Å². The first kappa shape index (κ1) is 17.4. The molecule has 2 aromatic carbocycles. The average Bonchev–Trinajstić information content (AvgIpc) is 3.17. The molecular formula is C18H18N4O4. The summed E-state index contributed by atoms with van der Waals surface area (Å²) in [5.41, 5.74) is 3.61. The minimum Gasteiger partial charge on any atom is -0.502 e. The van der Waals surface area contributed by atoms with Crippen LogP contribution in [0.4, 0.5) is 11.4 Å². The van der Waals surface area contributed by atoms with Gasteiger partial charge in [-0.05, 0) is 43.2 Å². The number of carbonyl (C=O) groups is 1. The molecule has 0 aliphatic carbocycles. The summed E-state index contributed by atoms with van der Waals surface area (Å²) in [5.74, 6) is -0.899. The lowest BCUT2D eigenvalue weighted by molar-refractivity contribution is -0.385. The number of hydrogen-bond acceptors (Lipinski definition) is 6. The van der Waals surface area contributed by atoms with Crippen LogP contribution in [0, 0.1) is 10.1 Å². The molecule has 3 rings (SSSR count). The first-order chi connectivity index (χ1) is 12.6. The number of rotatable bonds is 5. The SMILES string of the molecule is O=C(N/N=C/c1cccc([N+](=O)[O-])c1O)c1ccc(N2CCCC2)cc1. The molecule has 1 aliphatic rings. The lowest BCUT2D eigenvalue weighted by Crippen LogP contribution is -2.19. The van der Waals surface area contributed by atoms with Gasteiger partial charge in [0.05, 0.1) is 11.1 Å². The summed E-state index contributed by atoms with van der Waals surface area (Å²) in [6.07, 6.45) is 3.53. The van der Waals surface area contributed by atoms with Crippen LogP contribution in [0.15, 0.2) is 47.6 Å². The topological polar surface area (TPSA) is 108 Å². The maximum atomic E-state index is 12.1. The van der Waals surface area contributed by atoms with Gasteiger partial charge in [0.25, 0.3) is 5.91 Å². The Morgan fingerprint density at radius 1 is 1.19 bits per heavy atom. The number of para-hydroxylation sites is 1. The highest BCUT2D eigenvalue weighted by Crippen LogP contribution is 2.27. The van der Waals surface area contributed by atoms with Crippen LogP contribution in [0.2, 0.25) is 0 Å². The van der Waals surface area contributed by atoms with E-state index >= 15 is 0 Å². The monoisotopic (exact) mass is 354 g/mol. The maximum absolute atomic E-state index is 12.1. The molecule has 0 spiro atoms. The van der Waals surface area contributed by atoms with E-state index in [9.17, 15) is 20.0 Å². The molecule has 1 saturated heterocycles. The molecule has 2 aromatic rings. The minimum absolute atomic E-state index is 0.142. The number of amides is 1. The summed E-state index contributed by atoms with van der Waals surface area (Å²) in [6, 6.07) is 11.3. The van der Waals surface area contributed by atoms with Crippen molar-refractivity contribution >= 4 is 23.5 Å².